The number of fused-ring (bicyclic) bond motifs is 2. The van der Waals surface area contributed by atoms with Crippen molar-refractivity contribution in [3.05, 3.63) is 34.9 Å². The van der Waals surface area contributed by atoms with E-state index in [9.17, 15) is 9.59 Å². The van der Waals surface area contributed by atoms with Gasteiger partial charge in [-0.2, -0.15) is 0 Å². The molecule has 0 saturated carbocycles. The predicted octanol–water partition coefficient (Wildman–Crippen LogP) is 4.76. The number of rotatable bonds is 3. The minimum atomic E-state index is -0.258. The lowest BCUT2D eigenvalue weighted by Crippen LogP contribution is -2.37. The fraction of sp³-hybridized carbons (Fsp3) is 0.652. The summed E-state index contributed by atoms with van der Waals surface area (Å²) in [4.78, 5) is 24.1. The summed E-state index contributed by atoms with van der Waals surface area (Å²) in [5, 5.41) is 0. The number of hydrogen-bond acceptors (Lipinski definition) is 4. The van der Waals surface area contributed by atoms with Crippen LogP contribution in [0.5, 0.6) is 0 Å². The van der Waals surface area contributed by atoms with Gasteiger partial charge in [0.05, 0.1) is 12.7 Å². The number of carbonyl (C=O) groups excluding carboxylic acids is 2. The van der Waals surface area contributed by atoms with E-state index < -0.39 is 0 Å². The van der Waals surface area contributed by atoms with Crippen molar-refractivity contribution in [2.75, 3.05) is 7.11 Å². The second-order valence-corrected chi connectivity index (χ2v) is 9.15. The predicted molar refractivity (Wildman–Crippen MR) is 105 cm³/mol. The largest absolute Gasteiger partial charge is 0.465 e. The van der Waals surface area contributed by atoms with E-state index in [-0.39, 0.29) is 34.8 Å². The third-order valence-electron chi connectivity index (χ3n) is 7.00. The van der Waals surface area contributed by atoms with Crippen LogP contribution in [0.4, 0.5) is 0 Å². The Morgan fingerprint density at radius 3 is 2.48 bits per heavy atom. The summed E-state index contributed by atoms with van der Waals surface area (Å²) in [5.41, 5.74) is 2.89. The molecule has 4 heteroatoms. The molecule has 148 valence electrons. The van der Waals surface area contributed by atoms with E-state index in [1.165, 1.54) is 19.6 Å². The lowest BCUT2D eigenvalue weighted by molar-refractivity contribution is -0.148. The molecular weight excluding hydrogens is 340 g/mol. The number of hydrogen-bond donors (Lipinski definition) is 0. The molecule has 0 radical (unpaired) electrons. The fourth-order valence-electron chi connectivity index (χ4n) is 5.57. The highest BCUT2D eigenvalue weighted by Crippen LogP contribution is 2.58. The molecule has 3 aliphatic rings. The number of esters is 2. The first-order chi connectivity index (χ1) is 12.6. The third kappa shape index (κ3) is 3.28. The Balaban J connectivity index is 2.12. The average molecular weight is 373 g/mol. The normalized spacial score (nSPS) is 35.3. The summed E-state index contributed by atoms with van der Waals surface area (Å²) in [6.07, 6.45) is 10.1. The van der Waals surface area contributed by atoms with Crippen LogP contribution in [-0.2, 0) is 19.1 Å². The Bertz CT molecular complexity index is 741. The quantitative estimate of drug-likeness (QED) is 0.671. The van der Waals surface area contributed by atoms with Crippen molar-refractivity contribution in [2.24, 2.45) is 22.7 Å². The number of allylic oxidation sites excluding steroid dienone is 3. The minimum absolute atomic E-state index is 0.0229. The molecule has 0 fully saturated rings. The molecule has 0 amide bonds. The molecule has 0 bridgehead atoms. The van der Waals surface area contributed by atoms with E-state index >= 15 is 0 Å². The first-order valence-corrected chi connectivity index (χ1v) is 10.0. The summed E-state index contributed by atoms with van der Waals surface area (Å²) >= 11 is 0. The highest BCUT2D eigenvalue weighted by Gasteiger charge is 2.52. The van der Waals surface area contributed by atoms with Gasteiger partial charge in [-0.1, -0.05) is 39.8 Å². The van der Waals surface area contributed by atoms with E-state index in [2.05, 4.69) is 39.8 Å². The van der Waals surface area contributed by atoms with Gasteiger partial charge in [0.2, 0.25) is 0 Å². The van der Waals surface area contributed by atoms with E-state index in [1.807, 2.05) is 6.08 Å². The third-order valence-corrected chi connectivity index (χ3v) is 7.00. The van der Waals surface area contributed by atoms with Crippen molar-refractivity contribution >= 4 is 11.9 Å². The molecule has 0 aliphatic heterocycles. The molecule has 0 aromatic rings. The number of ether oxygens (including phenoxy) is 2. The highest BCUT2D eigenvalue weighted by molar-refractivity contribution is 5.94. The molecule has 4 nitrogen and oxygen atoms in total. The summed E-state index contributed by atoms with van der Waals surface area (Å²) in [7, 11) is 1.44. The summed E-state index contributed by atoms with van der Waals surface area (Å²) < 4.78 is 10.7. The molecule has 0 spiro atoms. The van der Waals surface area contributed by atoms with Crippen molar-refractivity contribution in [3.63, 3.8) is 0 Å². The van der Waals surface area contributed by atoms with Crippen LogP contribution in [0, 0.1) is 22.7 Å². The maximum absolute atomic E-state index is 12.4. The molecule has 0 N–H and O–H groups in total. The Labute approximate surface area is 162 Å². The second kappa shape index (κ2) is 6.96. The zero-order valence-electron chi connectivity index (χ0n) is 17.4. The molecule has 3 rings (SSSR count). The topological polar surface area (TPSA) is 52.6 Å². The highest BCUT2D eigenvalue weighted by atomic mass is 16.5. The van der Waals surface area contributed by atoms with Crippen molar-refractivity contribution in [2.45, 2.75) is 66.4 Å². The molecule has 4 atom stereocenters. The second-order valence-electron chi connectivity index (χ2n) is 9.15. The van der Waals surface area contributed by atoms with Crippen molar-refractivity contribution < 1.29 is 19.1 Å². The number of methoxy groups -OCH3 is 1. The van der Waals surface area contributed by atoms with Crippen molar-refractivity contribution in [3.8, 4) is 0 Å². The molecule has 1 unspecified atom stereocenters. The van der Waals surface area contributed by atoms with Gasteiger partial charge in [0.25, 0.3) is 0 Å². The van der Waals surface area contributed by atoms with Crippen LogP contribution >= 0.6 is 0 Å². The molecule has 0 heterocycles. The first kappa shape index (κ1) is 19.9. The van der Waals surface area contributed by atoms with Gasteiger partial charge in [0, 0.05) is 12.8 Å². The van der Waals surface area contributed by atoms with E-state index in [0.29, 0.717) is 11.5 Å². The molecule has 0 aromatic carbocycles. The SMILES string of the molecule is COC(=O)C1=CCCC2(C)CC[C@@]3(C)C(=C[C@H](OC(C)=O)[C@@H]3C(C)C)C=C12. The average Bonchev–Trinajstić information content (AvgIpc) is 2.79. The molecule has 3 aliphatic carbocycles. The standard InChI is InChI=1S/C23H32O4/c1-14(2)20-19(27-15(3)24)13-16-12-18-17(21(25)26-6)8-7-9-22(18,4)10-11-23(16,20)5/h8,12-14,19-20H,7,9-11H2,1-6H3/t19-,20-,22?,23-/m0/s1. The summed E-state index contributed by atoms with van der Waals surface area (Å²) in [5.74, 6) is 0.122. The van der Waals surface area contributed by atoms with Gasteiger partial charge in [-0.05, 0) is 59.7 Å². The molecule has 0 aromatic heterocycles. The van der Waals surface area contributed by atoms with Gasteiger partial charge < -0.3 is 9.47 Å². The molecule has 27 heavy (non-hydrogen) atoms. The van der Waals surface area contributed by atoms with Gasteiger partial charge in [-0.15, -0.1) is 0 Å². The van der Waals surface area contributed by atoms with E-state index in [1.54, 1.807) is 0 Å². The molecule has 0 saturated heterocycles. The van der Waals surface area contributed by atoms with E-state index in [4.69, 9.17) is 9.47 Å². The van der Waals surface area contributed by atoms with Crippen molar-refractivity contribution in [1.82, 2.24) is 0 Å². The lowest BCUT2D eigenvalue weighted by atomic mass is 9.65. The Kier molecular flexibility index (Phi) is 5.13. The maximum atomic E-state index is 12.4. The van der Waals surface area contributed by atoms with Gasteiger partial charge in [-0.3, -0.25) is 4.79 Å². The van der Waals surface area contributed by atoms with Crippen LogP contribution in [0.1, 0.15) is 60.3 Å². The minimum Gasteiger partial charge on any atom is -0.465 e. The Hall–Kier alpha value is -1.84. The first-order valence-electron chi connectivity index (χ1n) is 10.0. The van der Waals surface area contributed by atoms with Crippen LogP contribution in [0.2, 0.25) is 0 Å². The van der Waals surface area contributed by atoms with Gasteiger partial charge >= 0.3 is 11.9 Å². The Morgan fingerprint density at radius 1 is 1.19 bits per heavy atom. The van der Waals surface area contributed by atoms with Crippen LogP contribution in [0.25, 0.3) is 0 Å². The van der Waals surface area contributed by atoms with Gasteiger partial charge in [-0.25, -0.2) is 4.79 Å². The molecular formula is C23H32O4. The smallest absolute Gasteiger partial charge is 0.337 e. The van der Waals surface area contributed by atoms with Gasteiger partial charge in [0.1, 0.15) is 6.10 Å². The van der Waals surface area contributed by atoms with Crippen LogP contribution in [0.15, 0.2) is 34.9 Å². The maximum Gasteiger partial charge on any atom is 0.337 e. The zero-order valence-corrected chi connectivity index (χ0v) is 17.4. The monoisotopic (exact) mass is 372 g/mol. The van der Waals surface area contributed by atoms with Crippen LogP contribution in [-0.4, -0.2) is 25.2 Å². The van der Waals surface area contributed by atoms with Crippen LogP contribution in [0.3, 0.4) is 0 Å². The zero-order chi connectivity index (χ0) is 20.0. The van der Waals surface area contributed by atoms with Crippen LogP contribution < -0.4 is 0 Å². The van der Waals surface area contributed by atoms with E-state index in [0.717, 1.165) is 31.3 Å². The number of carbonyl (C=O) groups is 2. The Morgan fingerprint density at radius 2 is 1.89 bits per heavy atom. The fourth-order valence-corrected chi connectivity index (χ4v) is 5.57. The summed E-state index contributed by atoms with van der Waals surface area (Å²) in [6, 6.07) is 0. The lowest BCUT2D eigenvalue weighted by Gasteiger charge is -2.40. The summed E-state index contributed by atoms with van der Waals surface area (Å²) in [6.45, 7) is 10.5. The van der Waals surface area contributed by atoms with Crippen molar-refractivity contribution in [1.29, 1.82) is 0 Å². The van der Waals surface area contributed by atoms with Gasteiger partial charge in [0.15, 0.2) is 0 Å².